The van der Waals surface area contributed by atoms with Crippen molar-refractivity contribution in [2.45, 2.75) is 6.92 Å². The molecule has 2 heterocycles. The zero-order valence-corrected chi connectivity index (χ0v) is 7.05. The summed E-state index contributed by atoms with van der Waals surface area (Å²) in [7, 11) is -1.46. The van der Waals surface area contributed by atoms with E-state index in [2.05, 4.69) is 10.1 Å². The number of pyridine rings is 1. The Labute approximate surface area is 74.8 Å². The number of hydrogen-bond donors (Lipinski definition) is 2. The van der Waals surface area contributed by atoms with Gasteiger partial charge in [0.05, 0.1) is 0 Å². The summed E-state index contributed by atoms with van der Waals surface area (Å²) in [5.41, 5.74) is 1.03. The van der Waals surface area contributed by atoms with Crippen molar-refractivity contribution in [1.29, 1.82) is 0 Å². The molecule has 13 heavy (non-hydrogen) atoms. The van der Waals surface area contributed by atoms with Crippen LogP contribution in [0.15, 0.2) is 18.3 Å². The normalized spacial score (nSPS) is 10.7. The van der Waals surface area contributed by atoms with Gasteiger partial charge in [-0.25, -0.2) is 9.50 Å². The summed E-state index contributed by atoms with van der Waals surface area (Å²) in [6.45, 7) is 1.78. The fraction of sp³-hybridized carbons (Fsp3) is 0.143. The highest BCUT2D eigenvalue weighted by atomic mass is 16.4. The summed E-state index contributed by atoms with van der Waals surface area (Å²) >= 11 is 0. The number of rotatable bonds is 1. The lowest BCUT2D eigenvalue weighted by molar-refractivity contribution is 0.425. The van der Waals surface area contributed by atoms with Gasteiger partial charge in [0.25, 0.3) is 0 Å². The highest BCUT2D eigenvalue weighted by Crippen LogP contribution is 1.97. The standard InChI is InChI=1S/C7H8BN3O2/c1-5-9-7-4-6(8(12)13)2-3-11(7)10-5/h2-4,12-13H,1H3. The molecule has 2 N–H and O–H groups in total. The van der Waals surface area contributed by atoms with Crippen molar-refractivity contribution < 1.29 is 10.0 Å². The SMILES string of the molecule is Cc1nc2cc(B(O)O)ccn2n1. The molecule has 0 saturated carbocycles. The summed E-state index contributed by atoms with van der Waals surface area (Å²) in [5, 5.41) is 21.8. The van der Waals surface area contributed by atoms with Crippen LogP contribution < -0.4 is 5.46 Å². The van der Waals surface area contributed by atoms with E-state index < -0.39 is 7.12 Å². The predicted molar refractivity (Wildman–Crippen MR) is 47.5 cm³/mol. The molecule has 0 fully saturated rings. The van der Waals surface area contributed by atoms with Gasteiger partial charge < -0.3 is 10.0 Å². The Hall–Kier alpha value is -1.40. The molecule has 6 heteroatoms. The minimum Gasteiger partial charge on any atom is -0.423 e. The summed E-state index contributed by atoms with van der Waals surface area (Å²) in [4.78, 5) is 4.09. The number of hydrogen-bond acceptors (Lipinski definition) is 4. The van der Waals surface area contributed by atoms with Gasteiger partial charge >= 0.3 is 7.12 Å². The van der Waals surface area contributed by atoms with Crippen molar-refractivity contribution in [2.75, 3.05) is 0 Å². The molecule has 0 unspecified atom stereocenters. The van der Waals surface area contributed by atoms with Crippen LogP contribution in [-0.4, -0.2) is 31.8 Å². The van der Waals surface area contributed by atoms with Gasteiger partial charge in [-0.3, -0.25) is 0 Å². The van der Waals surface area contributed by atoms with Crippen molar-refractivity contribution in [3.63, 3.8) is 0 Å². The summed E-state index contributed by atoms with van der Waals surface area (Å²) < 4.78 is 1.58. The van der Waals surface area contributed by atoms with E-state index >= 15 is 0 Å². The van der Waals surface area contributed by atoms with Gasteiger partial charge in [-0.05, 0) is 24.5 Å². The smallest absolute Gasteiger partial charge is 0.423 e. The topological polar surface area (TPSA) is 70.7 Å². The molecule has 0 saturated heterocycles. The van der Waals surface area contributed by atoms with E-state index in [1.165, 1.54) is 0 Å². The van der Waals surface area contributed by atoms with Crippen LogP contribution in [0.3, 0.4) is 0 Å². The lowest BCUT2D eigenvalue weighted by atomic mass is 9.81. The van der Waals surface area contributed by atoms with Crippen LogP contribution in [0.5, 0.6) is 0 Å². The van der Waals surface area contributed by atoms with E-state index in [0.29, 0.717) is 16.9 Å². The molecule has 2 aromatic heterocycles. The van der Waals surface area contributed by atoms with E-state index in [1.807, 2.05) is 0 Å². The highest BCUT2D eigenvalue weighted by molar-refractivity contribution is 6.58. The van der Waals surface area contributed by atoms with Gasteiger partial charge in [0, 0.05) is 6.20 Å². The van der Waals surface area contributed by atoms with Gasteiger partial charge in [-0.2, -0.15) is 5.10 Å². The fourth-order valence-electron chi connectivity index (χ4n) is 1.17. The van der Waals surface area contributed by atoms with E-state index in [9.17, 15) is 0 Å². The molecule has 2 aromatic rings. The largest absolute Gasteiger partial charge is 0.488 e. The Morgan fingerprint density at radius 3 is 2.92 bits per heavy atom. The average Bonchev–Trinajstić information content (AvgIpc) is 2.42. The Morgan fingerprint density at radius 1 is 1.46 bits per heavy atom. The zero-order chi connectivity index (χ0) is 9.42. The van der Waals surface area contributed by atoms with Gasteiger partial charge in [0.2, 0.25) is 0 Å². The van der Waals surface area contributed by atoms with E-state index in [1.54, 1.807) is 29.8 Å². The van der Waals surface area contributed by atoms with Crippen LogP contribution in [-0.2, 0) is 0 Å². The number of fused-ring (bicyclic) bond motifs is 1. The second-order valence-corrected chi connectivity index (χ2v) is 2.80. The summed E-state index contributed by atoms with van der Waals surface area (Å²) in [5.74, 6) is 0.657. The molecular weight excluding hydrogens is 169 g/mol. The first kappa shape index (κ1) is 8.21. The van der Waals surface area contributed by atoms with Crippen molar-refractivity contribution in [3.05, 3.63) is 24.2 Å². The molecule has 0 atom stereocenters. The van der Waals surface area contributed by atoms with E-state index in [0.717, 1.165) is 0 Å². The maximum Gasteiger partial charge on any atom is 0.488 e. The maximum absolute atomic E-state index is 8.89. The third-order valence-corrected chi connectivity index (χ3v) is 1.77. The number of aryl methyl sites for hydroxylation is 1. The van der Waals surface area contributed by atoms with Crippen LogP contribution in [0.4, 0.5) is 0 Å². The molecule has 0 aliphatic carbocycles. The van der Waals surface area contributed by atoms with Crippen molar-refractivity contribution in [1.82, 2.24) is 14.6 Å². The molecule has 0 radical (unpaired) electrons. The Bertz CT molecular complexity index is 440. The molecule has 0 amide bonds. The molecule has 0 bridgehead atoms. The highest BCUT2D eigenvalue weighted by Gasteiger charge is 2.11. The molecule has 0 aliphatic rings. The molecule has 0 aromatic carbocycles. The Balaban J connectivity index is 2.61. The monoisotopic (exact) mass is 177 g/mol. The van der Waals surface area contributed by atoms with Crippen LogP contribution in [0.2, 0.25) is 0 Å². The van der Waals surface area contributed by atoms with Gasteiger partial charge in [0.15, 0.2) is 5.65 Å². The lowest BCUT2D eigenvalue weighted by Crippen LogP contribution is -2.29. The zero-order valence-electron chi connectivity index (χ0n) is 7.05. The van der Waals surface area contributed by atoms with Crippen molar-refractivity contribution in [3.8, 4) is 0 Å². The molecule has 2 rings (SSSR count). The molecule has 66 valence electrons. The van der Waals surface area contributed by atoms with Crippen LogP contribution in [0.1, 0.15) is 5.82 Å². The van der Waals surface area contributed by atoms with Gasteiger partial charge in [0.1, 0.15) is 5.82 Å². The van der Waals surface area contributed by atoms with E-state index in [-0.39, 0.29) is 0 Å². The summed E-state index contributed by atoms with van der Waals surface area (Å²) in [6.07, 6.45) is 1.64. The fourth-order valence-corrected chi connectivity index (χ4v) is 1.17. The first-order valence-electron chi connectivity index (χ1n) is 3.86. The lowest BCUT2D eigenvalue weighted by Gasteiger charge is -1.97. The van der Waals surface area contributed by atoms with Gasteiger partial charge in [-0.15, -0.1) is 0 Å². The van der Waals surface area contributed by atoms with Crippen LogP contribution in [0.25, 0.3) is 5.65 Å². The van der Waals surface area contributed by atoms with Crippen LogP contribution >= 0.6 is 0 Å². The number of nitrogens with zero attached hydrogens (tertiary/aromatic N) is 3. The first-order chi connectivity index (χ1) is 6.16. The van der Waals surface area contributed by atoms with Crippen LogP contribution in [0, 0.1) is 6.92 Å². The quantitative estimate of drug-likeness (QED) is 0.532. The third kappa shape index (κ3) is 1.41. The Kier molecular flexibility index (Phi) is 1.79. The second-order valence-electron chi connectivity index (χ2n) is 2.80. The molecular formula is C7H8BN3O2. The molecule has 5 nitrogen and oxygen atoms in total. The van der Waals surface area contributed by atoms with E-state index in [4.69, 9.17) is 10.0 Å². The second kappa shape index (κ2) is 2.83. The Morgan fingerprint density at radius 2 is 2.23 bits per heavy atom. The minimum atomic E-state index is -1.46. The minimum absolute atomic E-state index is 0.417. The predicted octanol–water partition coefficient (Wildman–Crippen LogP) is -1.28. The maximum atomic E-state index is 8.89. The van der Waals surface area contributed by atoms with Crippen molar-refractivity contribution in [2.24, 2.45) is 0 Å². The first-order valence-corrected chi connectivity index (χ1v) is 3.86. The average molecular weight is 177 g/mol. The summed E-state index contributed by atoms with van der Waals surface area (Å²) in [6, 6.07) is 3.18. The molecule has 0 spiro atoms. The van der Waals surface area contributed by atoms with Crippen molar-refractivity contribution >= 4 is 18.2 Å². The third-order valence-electron chi connectivity index (χ3n) is 1.77. The van der Waals surface area contributed by atoms with Gasteiger partial charge in [-0.1, -0.05) is 0 Å². The molecule has 0 aliphatic heterocycles. The number of aromatic nitrogens is 3.